The Labute approximate surface area is 512 Å². The van der Waals surface area contributed by atoms with Crippen molar-refractivity contribution < 1.29 is 4.11 Å². The highest BCUT2D eigenvalue weighted by Crippen LogP contribution is 2.54. The molecule has 2 aliphatic carbocycles. The van der Waals surface area contributed by atoms with Crippen LogP contribution in [0.5, 0.6) is 0 Å². The fourth-order valence-electron chi connectivity index (χ4n) is 15.0. The van der Waals surface area contributed by atoms with Gasteiger partial charge in [0.25, 0.3) is 6.71 Å². The molecule has 4 aliphatic rings. The lowest BCUT2D eigenvalue weighted by molar-refractivity contribution is 0.332. The Morgan fingerprint density at radius 1 is 0.440 bits per heavy atom. The molecule has 9 aromatic rings. The van der Waals surface area contributed by atoms with Crippen molar-refractivity contribution in [2.45, 2.75) is 202 Å². The van der Waals surface area contributed by atoms with Gasteiger partial charge in [-0.2, -0.15) is 0 Å². The summed E-state index contributed by atoms with van der Waals surface area (Å²) in [7, 11) is 0. The molecule has 13 rings (SSSR count). The van der Waals surface area contributed by atoms with E-state index in [1.807, 2.05) is 23.5 Å². The molecule has 430 valence electrons. The van der Waals surface area contributed by atoms with Crippen LogP contribution < -0.4 is 31.1 Å². The van der Waals surface area contributed by atoms with E-state index in [1.54, 1.807) is 0 Å². The summed E-state index contributed by atoms with van der Waals surface area (Å²) in [5, 5.41) is 2.48. The SMILES string of the molecule is [2H]C([2H])([2H])c1cc2c3c(c1)N(c1ccc4c(c1)C(C)(C)CCC4(C)C)c1cc4c(cc1B3c1ccc(N(c3ccc(C(C)(C)C)cc3C)c3ccc(C(C)(C)C)cc3C)cc1N2c1ccc2c(c1)sc1cc(C(C)(C)C)ccc12)C(C)(C)CCC4(C)C. The molecule has 0 saturated carbocycles. The normalized spacial score (nSPS) is 18.1. The third kappa shape index (κ3) is 9.01. The quantitative estimate of drug-likeness (QED) is 0.159. The number of nitrogens with zero attached hydrogens (tertiary/aromatic N) is 3. The van der Waals surface area contributed by atoms with Crippen LogP contribution in [0.25, 0.3) is 20.2 Å². The molecular formula is C79H90BN3S. The average molecular weight is 1130 g/mol. The molecule has 8 aromatic carbocycles. The maximum atomic E-state index is 9.45. The Bertz CT molecular complexity index is 4280. The second-order valence-corrected chi connectivity index (χ2v) is 32.7. The predicted molar refractivity (Wildman–Crippen MR) is 369 cm³/mol. The minimum Gasteiger partial charge on any atom is -0.311 e. The fraction of sp³-hybridized carbons (Fsp3) is 0.392. The van der Waals surface area contributed by atoms with Gasteiger partial charge in [0.2, 0.25) is 0 Å². The highest BCUT2D eigenvalue weighted by molar-refractivity contribution is 7.25. The Morgan fingerprint density at radius 3 is 1.43 bits per heavy atom. The zero-order chi connectivity index (χ0) is 62.4. The summed E-state index contributed by atoms with van der Waals surface area (Å²) in [4.78, 5) is 7.43. The molecule has 0 saturated heterocycles. The first-order valence-corrected chi connectivity index (χ1v) is 32.0. The van der Waals surface area contributed by atoms with E-state index in [2.05, 4.69) is 268 Å². The smallest absolute Gasteiger partial charge is 0.252 e. The van der Waals surface area contributed by atoms with Gasteiger partial charge in [0.05, 0.1) is 0 Å². The van der Waals surface area contributed by atoms with Gasteiger partial charge in [0.15, 0.2) is 0 Å². The first kappa shape index (κ1) is 53.0. The second kappa shape index (κ2) is 18.7. The highest BCUT2D eigenvalue weighted by atomic mass is 32.1. The van der Waals surface area contributed by atoms with Gasteiger partial charge in [-0.05, 0) is 229 Å². The lowest BCUT2D eigenvalue weighted by Crippen LogP contribution is -2.62. The third-order valence-corrected chi connectivity index (χ3v) is 21.7. The van der Waals surface area contributed by atoms with Crippen molar-refractivity contribution in [3.05, 3.63) is 189 Å². The monoisotopic (exact) mass is 1130 g/mol. The maximum Gasteiger partial charge on any atom is 0.252 e. The topological polar surface area (TPSA) is 9.72 Å². The fourth-order valence-corrected chi connectivity index (χ4v) is 16.2. The molecule has 0 N–H and O–H groups in total. The van der Waals surface area contributed by atoms with Gasteiger partial charge in [0, 0.05) is 75.5 Å². The third-order valence-electron chi connectivity index (χ3n) is 20.6. The van der Waals surface area contributed by atoms with Gasteiger partial charge in [-0.1, -0.05) is 178 Å². The summed E-state index contributed by atoms with van der Waals surface area (Å²) in [6, 6.07) is 51.7. The Kier molecular flexibility index (Phi) is 11.8. The summed E-state index contributed by atoms with van der Waals surface area (Å²) in [6.45, 7) is 41.9. The van der Waals surface area contributed by atoms with Crippen LogP contribution in [0.2, 0.25) is 0 Å². The largest absolute Gasteiger partial charge is 0.311 e. The van der Waals surface area contributed by atoms with Crippen LogP contribution in [-0.2, 0) is 37.9 Å². The number of hydrogen-bond acceptors (Lipinski definition) is 4. The molecule has 0 fully saturated rings. The van der Waals surface area contributed by atoms with E-state index >= 15 is 0 Å². The van der Waals surface area contributed by atoms with Crippen LogP contribution in [0, 0.1) is 20.7 Å². The Hall–Kier alpha value is -6.56. The summed E-state index contributed by atoms with van der Waals surface area (Å²) in [5.74, 6) is 0. The number of thiophene rings is 1. The molecule has 0 spiro atoms. The van der Waals surface area contributed by atoms with Gasteiger partial charge < -0.3 is 14.7 Å². The number of benzene rings is 8. The molecule has 0 unspecified atom stereocenters. The second-order valence-electron chi connectivity index (χ2n) is 31.6. The summed E-state index contributed by atoms with van der Waals surface area (Å²) >= 11 is 1.85. The van der Waals surface area contributed by atoms with E-state index in [0.29, 0.717) is 5.56 Å². The van der Waals surface area contributed by atoms with Crippen LogP contribution in [0.3, 0.4) is 0 Å². The highest BCUT2D eigenvalue weighted by Gasteiger charge is 2.48. The average Bonchev–Trinajstić information content (AvgIpc) is 1.02. The van der Waals surface area contributed by atoms with Crippen LogP contribution >= 0.6 is 11.3 Å². The zero-order valence-corrected chi connectivity index (χ0v) is 54.7. The van der Waals surface area contributed by atoms with Crippen LogP contribution in [0.1, 0.15) is 203 Å². The molecule has 84 heavy (non-hydrogen) atoms. The van der Waals surface area contributed by atoms with Crippen LogP contribution in [0.4, 0.5) is 51.2 Å². The Morgan fingerprint density at radius 2 is 0.893 bits per heavy atom. The zero-order valence-electron chi connectivity index (χ0n) is 56.9. The molecule has 0 amide bonds. The van der Waals surface area contributed by atoms with E-state index in [0.717, 1.165) is 82.3 Å². The van der Waals surface area contributed by atoms with Crippen molar-refractivity contribution in [3.63, 3.8) is 0 Å². The molecule has 0 atom stereocenters. The molecule has 1 aromatic heterocycles. The number of rotatable bonds is 5. The summed E-state index contributed by atoms with van der Waals surface area (Å²) in [6.07, 6.45) is 4.38. The molecule has 3 nitrogen and oxygen atoms in total. The Balaban J connectivity index is 1.15. The van der Waals surface area contributed by atoms with Gasteiger partial charge in [0.1, 0.15) is 0 Å². The van der Waals surface area contributed by atoms with Gasteiger partial charge in [-0.25, -0.2) is 0 Å². The minimum absolute atomic E-state index is 0.00599. The van der Waals surface area contributed by atoms with E-state index in [9.17, 15) is 4.11 Å². The summed E-state index contributed by atoms with van der Waals surface area (Å²) < 4.78 is 30.8. The van der Waals surface area contributed by atoms with Gasteiger partial charge >= 0.3 is 0 Å². The molecule has 3 heterocycles. The summed E-state index contributed by atoms with van der Waals surface area (Å²) in [5.41, 5.74) is 24.9. The first-order chi connectivity index (χ1) is 40.4. The minimum atomic E-state index is -2.42. The number of aryl methyl sites for hydroxylation is 3. The molecule has 5 heteroatoms. The van der Waals surface area contributed by atoms with Crippen molar-refractivity contribution >= 4 is 106 Å². The predicted octanol–water partition coefficient (Wildman–Crippen LogP) is 21.1. The standard InChI is InChI=1S/C79H90BN3S/c1-47-37-68-72-69(38-47)83(55-24-28-57-56-27-21-52(75(10,11)12)41-70(56)84-71(57)44-55)66-43-54(81(64-31-22-50(39-48(64)2)73(4,5)6)65-32-23-51(40-49(65)3)74(7,8)9)26-30-62(66)80(72)63-45-60-61(79(19,20)36-35-78(60,17)18)46-67(63)82(68)53-25-29-58-59(42-53)77(15,16)34-33-76(58,13)14/h21-32,37-46H,33-36H2,1-20H3/i1D3. The van der Waals surface area contributed by atoms with Crippen LogP contribution in [-0.4, -0.2) is 6.71 Å². The van der Waals surface area contributed by atoms with Gasteiger partial charge in [-0.15, -0.1) is 11.3 Å². The van der Waals surface area contributed by atoms with Crippen molar-refractivity contribution in [1.82, 2.24) is 0 Å². The van der Waals surface area contributed by atoms with E-state index in [4.69, 9.17) is 0 Å². The van der Waals surface area contributed by atoms with Crippen molar-refractivity contribution in [2.24, 2.45) is 0 Å². The first-order valence-electron chi connectivity index (χ1n) is 32.7. The van der Waals surface area contributed by atoms with Crippen molar-refractivity contribution in [3.8, 4) is 0 Å². The lowest BCUT2D eigenvalue weighted by Gasteiger charge is -2.48. The lowest BCUT2D eigenvalue weighted by atomic mass is 9.33. The van der Waals surface area contributed by atoms with Crippen molar-refractivity contribution in [2.75, 3.05) is 14.7 Å². The molecule has 0 bridgehead atoms. The maximum absolute atomic E-state index is 9.45. The number of hydrogen-bond donors (Lipinski definition) is 0. The van der Waals surface area contributed by atoms with Gasteiger partial charge in [-0.3, -0.25) is 0 Å². The number of fused-ring (bicyclic) bond motifs is 9. The van der Waals surface area contributed by atoms with Crippen molar-refractivity contribution in [1.29, 1.82) is 0 Å². The molecular weight excluding hydrogens is 1030 g/mol. The molecule has 2 aliphatic heterocycles. The molecule has 0 radical (unpaired) electrons. The number of anilines is 9. The van der Waals surface area contributed by atoms with Crippen LogP contribution in [0.15, 0.2) is 133 Å². The van der Waals surface area contributed by atoms with E-state index in [1.165, 1.54) is 81.2 Å². The van der Waals surface area contributed by atoms with E-state index in [-0.39, 0.29) is 44.6 Å². The van der Waals surface area contributed by atoms with E-state index < -0.39 is 6.85 Å².